The van der Waals surface area contributed by atoms with Gasteiger partial charge in [-0.3, -0.25) is 10.1 Å². The highest BCUT2D eigenvalue weighted by Crippen LogP contribution is 2.31. The second kappa shape index (κ2) is 7.72. The second-order valence-corrected chi connectivity index (χ2v) is 6.93. The van der Waals surface area contributed by atoms with Crippen LogP contribution in [0, 0.1) is 0 Å². The number of nitrogens with zero attached hydrogens (tertiary/aromatic N) is 2. The number of rotatable bonds is 5. The number of hydrogen-bond acceptors (Lipinski definition) is 6. The highest BCUT2D eigenvalue weighted by atomic mass is 16.6. The van der Waals surface area contributed by atoms with Gasteiger partial charge in [0.25, 0.3) is 5.91 Å². The van der Waals surface area contributed by atoms with E-state index >= 15 is 0 Å². The van der Waals surface area contributed by atoms with E-state index in [1.807, 2.05) is 24.3 Å². The van der Waals surface area contributed by atoms with Crippen LogP contribution in [0.4, 0.5) is 6.01 Å². The fourth-order valence-corrected chi connectivity index (χ4v) is 2.91. The van der Waals surface area contributed by atoms with Gasteiger partial charge in [0.2, 0.25) is 12.0 Å². The molecule has 7 nitrogen and oxygen atoms in total. The monoisotopic (exact) mass is 379 g/mol. The van der Waals surface area contributed by atoms with Gasteiger partial charge in [0.1, 0.15) is 6.61 Å². The van der Waals surface area contributed by atoms with Crippen LogP contribution in [-0.4, -0.2) is 28.8 Å². The molecule has 1 N–H and O–H groups in total. The number of para-hydroxylation sites is 2. The Balaban J connectivity index is 1.36. The summed E-state index contributed by atoms with van der Waals surface area (Å²) in [6.45, 7) is 4.43. The first-order chi connectivity index (χ1) is 13.6. The van der Waals surface area contributed by atoms with E-state index in [0.717, 1.165) is 5.56 Å². The Kier molecular flexibility index (Phi) is 4.97. The van der Waals surface area contributed by atoms with E-state index in [1.165, 1.54) is 5.56 Å². The predicted octanol–water partition coefficient (Wildman–Crippen LogP) is 3.56. The molecule has 0 spiro atoms. The van der Waals surface area contributed by atoms with Gasteiger partial charge in [0, 0.05) is 0 Å². The summed E-state index contributed by atoms with van der Waals surface area (Å²) < 4.78 is 16.8. The molecule has 0 radical (unpaired) electrons. The molecule has 0 bridgehead atoms. The summed E-state index contributed by atoms with van der Waals surface area (Å²) in [6, 6.07) is 15.5. The van der Waals surface area contributed by atoms with E-state index in [0.29, 0.717) is 29.7 Å². The average molecular weight is 379 g/mol. The number of ether oxygens (including phenoxy) is 2. The van der Waals surface area contributed by atoms with Crippen LogP contribution in [0.2, 0.25) is 0 Å². The summed E-state index contributed by atoms with van der Waals surface area (Å²) in [5.41, 5.74) is 2.34. The first kappa shape index (κ1) is 18.0. The third kappa shape index (κ3) is 3.98. The van der Waals surface area contributed by atoms with E-state index in [4.69, 9.17) is 13.9 Å². The number of benzene rings is 2. The van der Waals surface area contributed by atoms with Crippen LogP contribution in [0.5, 0.6) is 11.5 Å². The van der Waals surface area contributed by atoms with E-state index in [1.54, 1.807) is 12.1 Å². The molecule has 0 fully saturated rings. The summed E-state index contributed by atoms with van der Waals surface area (Å²) in [6.07, 6.45) is -0.286. The quantitative estimate of drug-likeness (QED) is 0.729. The lowest BCUT2D eigenvalue weighted by molar-refractivity contribution is -0.125. The number of amides is 1. The fraction of sp³-hybridized carbons (Fsp3) is 0.286. The van der Waals surface area contributed by atoms with Gasteiger partial charge >= 0.3 is 6.01 Å². The largest absolute Gasteiger partial charge is 0.485 e. The Morgan fingerprint density at radius 2 is 1.86 bits per heavy atom. The third-order valence-corrected chi connectivity index (χ3v) is 4.50. The average Bonchev–Trinajstić information content (AvgIpc) is 3.14. The minimum absolute atomic E-state index is 0.0428. The van der Waals surface area contributed by atoms with Crippen molar-refractivity contribution in [2.45, 2.75) is 32.3 Å². The maximum Gasteiger partial charge on any atom is 0.322 e. The van der Waals surface area contributed by atoms with E-state index in [9.17, 15) is 4.79 Å². The molecule has 7 heteroatoms. The highest BCUT2D eigenvalue weighted by Gasteiger charge is 2.28. The van der Waals surface area contributed by atoms with Crippen LogP contribution in [0.3, 0.4) is 0 Å². The maximum atomic E-state index is 12.4. The van der Waals surface area contributed by atoms with Gasteiger partial charge in [-0.15, -0.1) is 5.10 Å². The van der Waals surface area contributed by atoms with Crippen LogP contribution < -0.4 is 14.8 Å². The molecule has 144 valence electrons. The lowest BCUT2D eigenvalue weighted by atomic mass is 10.0. The van der Waals surface area contributed by atoms with Crippen LogP contribution in [-0.2, 0) is 11.2 Å². The number of aromatic nitrogens is 2. The van der Waals surface area contributed by atoms with Crippen molar-refractivity contribution in [2.75, 3.05) is 11.9 Å². The lowest BCUT2D eigenvalue weighted by Crippen LogP contribution is -2.40. The van der Waals surface area contributed by atoms with Gasteiger partial charge in [0.05, 0.1) is 6.42 Å². The Morgan fingerprint density at radius 3 is 2.61 bits per heavy atom. The molecule has 1 aliphatic heterocycles. The first-order valence-corrected chi connectivity index (χ1v) is 9.19. The Morgan fingerprint density at radius 1 is 1.11 bits per heavy atom. The normalized spacial score (nSPS) is 15.5. The van der Waals surface area contributed by atoms with Crippen molar-refractivity contribution >= 4 is 11.9 Å². The third-order valence-electron chi connectivity index (χ3n) is 4.50. The number of hydrogen-bond donors (Lipinski definition) is 1. The van der Waals surface area contributed by atoms with Crippen molar-refractivity contribution in [3.8, 4) is 11.5 Å². The Hall–Kier alpha value is -3.35. The fourth-order valence-electron chi connectivity index (χ4n) is 2.91. The molecule has 0 aliphatic carbocycles. The number of carbonyl (C=O) groups is 1. The molecule has 2 heterocycles. The SMILES string of the molecule is CC(C)c1ccc(Cc2nnc(NC(=O)C3COc4ccccc4O3)o2)cc1. The molecule has 1 unspecified atom stereocenters. The molecule has 1 aromatic heterocycles. The molecule has 2 aromatic carbocycles. The van der Waals surface area contributed by atoms with Crippen molar-refractivity contribution in [2.24, 2.45) is 0 Å². The number of carbonyl (C=O) groups excluding carboxylic acids is 1. The summed E-state index contributed by atoms with van der Waals surface area (Å²) >= 11 is 0. The topological polar surface area (TPSA) is 86.5 Å². The molecule has 1 atom stereocenters. The molecule has 3 aromatic rings. The molecular weight excluding hydrogens is 358 g/mol. The van der Waals surface area contributed by atoms with E-state index in [2.05, 4.69) is 41.5 Å². The number of nitrogens with one attached hydrogen (secondary N) is 1. The lowest BCUT2D eigenvalue weighted by Gasteiger charge is -2.24. The van der Waals surface area contributed by atoms with Gasteiger partial charge in [-0.2, -0.15) is 0 Å². The molecule has 4 rings (SSSR count). The van der Waals surface area contributed by atoms with Crippen molar-refractivity contribution in [3.05, 3.63) is 65.5 Å². The number of fused-ring (bicyclic) bond motifs is 1. The zero-order valence-electron chi connectivity index (χ0n) is 15.7. The summed E-state index contributed by atoms with van der Waals surface area (Å²) in [5.74, 6) is 1.67. The van der Waals surface area contributed by atoms with Crippen LogP contribution in [0.25, 0.3) is 0 Å². The molecular formula is C21H21N3O4. The summed E-state index contributed by atoms with van der Waals surface area (Å²) in [4.78, 5) is 12.4. The van der Waals surface area contributed by atoms with Crippen LogP contribution >= 0.6 is 0 Å². The maximum absolute atomic E-state index is 12.4. The predicted molar refractivity (Wildman–Crippen MR) is 103 cm³/mol. The van der Waals surface area contributed by atoms with Crippen molar-refractivity contribution < 1.29 is 18.7 Å². The van der Waals surface area contributed by atoms with Gasteiger partial charge in [-0.25, -0.2) is 0 Å². The minimum atomic E-state index is -0.783. The van der Waals surface area contributed by atoms with Gasteiger partial charge in [-0.1, -0.05) is 55.3 Å². The van der Waals surface area contributed by atoms with Gasteiger partial charge < -0.3 is 13.9 Å². The second-order valence-electron chi connectivity index (χ2n) is 6.93. The van der Waals surface area contributed by atoms with E-state index in [-0.39, 0.29) is 12.6 Å². The van der Waals surface area contributed by atoms with Crippen molar-refractivity contribution in [1.82, 2.24) is 10.2 Å². The van der Waals surface area contributed by atoms with E-state index < -0.39 is 12.0 Å². The molecule has 0 saturated heterocycles. The standard InChI is InChI=1S/C21H21N3O4/c1-13(2)15-9-7-14(8-10-15)11-19-23-24-21(28-19)22-20(25)18-12-26-16-5-3-4-6-17(16)27-18/h3-10,13,18H,11-12H2,1-2H3,(H,22,24,25). The minimum Gasteiger partial charge on any atom is -0.485 e. The molecule has 0 saturated carbocycles. The Bertz CT molecular complexity index is 966. The zero-order valence-corrected chi connectivity index (χ0v) is 15.7. The Labute approximate surface area is 162 Å². The van der Waals surface area contributed by atoms with Gasteiger partial charge in [0.15, 0.2) is 11.5 Å². The van der Waals surface area contributed by atoms with Crippen molar-refractivity contribution in [3.63, 3.8) is 0 Å². The van der Waals surface area contributed by atoms with Gasteiger partial charge in [-0.05, 0) is 29.2 Å². The first-order valence-electron chi connectivity index (χ1n) is 9.19. The summed E-state index contributed by atoms with van der Waals surface area (Å²) in [7, 11) is 0. The molecule has 1 aliphatic rings. The van der Waals surface area contributed by atoms with Crippen molar-refractivity contribution in [1.29, 1.82) is 0 Å². The summed E-state index contributed by atoms with van der Waals surface area (Å²) in [5, 5.41) is 10.5. The van der Waals surface area contributed by atoms with Crippen LogP contribution in [0.1, 0.15) is 36.8 Å². The highest BCUT2D eigenvalue weighted by molar-refractivity contribution is 5.92. The zero-order chi connectivity index (χ0) is 19.5. The molecule has 28 heavy (non-hydrogen) atoms. The van der Waals surface area contributed by atoms with Crippen LogP contribution in [0.15, 0.2) is 52.9 Å². The number of anilines is 1. The smallest absolute Gasteiger partial charge is 0.322 e. The molecule has 1 amide bonds.